The number of carboxylic acids is 1. The molecule has 0 aromatic heterocycles. The molecule has 134 valence electrons. The maximum absolute atomic E-state index is 10.4. The lowest BCUT2D eigenvalue weighted by Crippen LogP contribution is -2.27. The van der Waals surface area contributed by atoms with Crippen LogP contribution in [0.15, 0.2) is 60.7 Å². The van der Waals surface area contributed by atoms with Gasteiger partial charge >= 0.3 is 5.97 Å². The van der Waals surface area contributed by atoms with Gasteiger partial charge in [0.1, 0.15) is 6.61 Å². The number of carboxylic acid groups (broad SMARTS) is 1. The van der Waals surface area contributed by atoms with Gasteiger partial charge in [0, 0.05) is 19.6 Å². The molecule has 2 aromatic rings. The summed E-state index contributed by atoms with van der Waals surface area (Å²) in [6, 6.07) is 20.7. The highest BCUT2D eigenvalue weighted by atomic mass is 16.5. The maximum Gasteiger partial charge on any atom is 0.329 e. The molecule has 0 fully saturated rings. The van der Waals surface area contributed by atoms with Crippen molar-refractivity contribution in [3.63, 3.8) is 0 Å². The zero-order chi connectivity index (χ0) is 17.7. The first-order chi connectivity index (χ1) is 12.2. The summed E-state index contributed by atoms with van der Waals surface area (Å²) in [5.41, 5.74) is 2.53. The van der Waals surface area contributed by atoms with Gasteiger partial charge in [-0.25, -0.2) is 4.79 Å². The Balaban J connectivity index is 1.77. The highest BCUT2D eigenvalue weighted by molar-refractivity contribution is 5.67. The van der Waals surface area contributed by atoms with Crippen molar-refractivity contribution in [3.8, 4) is 0 Å². The van der Waals surface area contributed by atoms with Crippen molar-refractivity contribution in [3.05, 3.63) is 71.8 Å². The molecule has 2 rings (SSSR count). The lowest BCUT2D eigenvalue weighted by Gasteiger charge is -2.22. The predicted molar refractivity (Wildman–Crippen MR) is 96.3 cm³/mol. The zero-order valence-electron chi connectivity index (χ0n) is 14.3. The van der Waals surface area contributed by atoms with Gasteiger partial charge in [0.2, 0.25) is 0 Å². The average Bonchev–Trinajstić information content (AvgIpc) is 2.62. The van der Waals surface area contributed by atoms with Gasteiger partial charge in [-0.15, -0.1) is 0 Å². The molecule has 0 bridgehead atoms. The molecule has 0 saturated heterocycles. The van der Waals surface area contributed by atoms with Gasteiger partial charge in [0.05, 0.1) is 19.8 Å². The largest absolute Gasteiger partial charge is 0.480 e. The number of aliphatic carboxylic acids is 1. The molecule has 0 saturated carbocycles. The lowest BCUT2D eigenvalue weighted by molar-refractivity contribution is -0.142. The first kappa shape index (κ1) is 19.1. The van der Waals surface area contributed by atoms with E-state index in [-0.39, 0.29) is 6.61 Å². The second-order valence-corrected chi connectivity index (χ2v) is 5.74. The Kier molecular flexibility index (Phi) is 8.69. The van der Waals surface area contributed by atoms with Gasteiger partial charge in [0.25, 0.3) is 0 Å². The summed E-state index contributed by atoms with van der Waals surface area (Å²) >= 11 is 0. The Labute approximate surface area is 148 Å². The molecule has 0 radical (unpaired) electrons. The summed E-state index contributed by atoms with van der Waals surface area (Å²) in [7, 11) is 0. The molecule has 0 atom stereocenters. The fraction of sp³-hybridized carbons (Fsp3) is 0.350. The van der Waals surface area contributed by atoms with E-state index < -0.39 is 5.97 Å². The quantitative estimate of drug-likeness (QED) is 0.601. The minimum absolute atomic E-state index is 0.280. The monoisotopic (exact) mass is 343 g/mol. The standard InChI is InChI=1S/C20H25NO4/c22-20(23)17-25-14-13-24-12-11-21(15-18-7-3-1-4-8-18)16-19-9-5-2-6-10-19/h1-10H,11-17H2,(H,22,23). The van der Waals surface area contributed by atoms with E-state index in [0.29, 0.717) is 19.8 Å². The summed E-state index contributed by atoms with van der Waals surface area (Å²) in [6.07, 6.45) is 0. The van der Waals surface area contributed by atoms with E-state index >= 15 is 0 Å². The molecular formula is C20H25NO4. The minimum Gasteiger partial charge on any atom is -0.480 e. The van der Waals surface area contributed by atoms with E-state index in [1.54, 1.807) is 0 Å². The summed E-state index contributed by atoms with van der Waals surface area (Å²) in [5.74, 6) is -0.961. The third-order valence-electron chi connectivity index (χ3n) is 3.65. The summed E-state index contributed by atoms with van der Waals surface area (Å²) < 4.78 is 10.5. The van der Waals surface area contributed by atoms with Gasteiger partial charge in [0.15, 0.2) is 0 Å². The SMILES string of the molecule is O=C(O)COCCOCCN(Cc1ccccc1)Cc1ccccc1. The highest BCUT2D eigenvalue weighted by Gasteiger charge is 2.07. The molecule has 0 aliphatic rings. The lowest BCUT2D eigenvalue weighted by atomic mass is 10.1. The number of hydrogen-bond acceptors (Lipinski definition) is 4. The fourth-order valence-corrected chi connectivity index (χ4v) is 2.47. The van der Waals surface area contributed by atoms with Crippen LogP contribution in [0.3, 0.4) is 0 Å². The van der Waals surface area contributed by atoms with Crippen LogP contribution in [0.2, 0.25) is 0 Å². The number of nitrogens with zero attached hydrogens (tertiary/aromatic N) is 1. The van der Waals surface area contributed by atoms with Crippen molar-refractivity contribution in [2.24, 2.45) is 0 Å². The van der Waals surface area contributed by atoms with E-state index in [0.717, 1.165) is 19.6 Å². The second-order valence-electron chi connectivity index (χ2n) is 5.74. The van der Waals surface area contributed by atoms with Crippen LogP contribution in [0, 0.1) is 0 Å². The molecule has 1 N–H and O–H groups in total. The van der Waals surface area contributed by atoms with E-state index in [4.69, 9.17) is 14.6 Å². The van der Waals surface area contributed by atoms with Gasteiger partial charge in [-0.05, 0) is 11.1 Å². The Hall–Kier alpha value is -2.21. The first-order valence-corrected chi connectivity index (χ1v) is 8.41. The van der Waals surface area contributed by atoms with Crippen LogP contribution in [0.4, 0.5) is 0 Å². The smallest absolute Gasteiger partial charge is 0.329 e. The highest BCUT2D eigenvalue weighted by Crippen LogP contribution is 2.09. The molecule has 0 spiro atoms. The van der Waals surface area contributed by atoms with Gasteiger partial charge in [-0.2, -0.15) is 0 Å². The molecular weight excluding hydrogens is 318 g/mol. The minimum atomic E-state index is -0.961. The van der Waals surface area contributed by atoms with E-state index in [1.807, 2.05) is 36.4 Å². The van der Waals surface area contributed by atoms with Crippen LogP contribution in [-0.4, -0.2) is 48.9 Å². The van der Waals surface area contributed by atoms with Crippen molar-refractivity contribution >= 4 is 5.97 Å². The van der Waals surface area contributed by atoms with Crippen LogP contribution in [0.5, 0.6) is 0 Å². The zero-order valence-corrected chi connectivity index (χ0v) is 14.3. The number of benzene rings is 2. The van der Waals surface area contributed by atoms with Crippen LogP contribution >= 0.6 is 0 Å². The number of rotatable bonds is 12. The third-order valence-corrected chi connectivity index (χ3v) is 3.65. The molecule has 0 unspecified atom stereocenters. The van der Waals surface area contributed by atoms with Crippen molar-refractivity contribution in [2.45, 2.75) is 13.1 Å². The van der Waals surface area contributed by atoms with Crippen LogP contribution in [0.25, 0.3) is 0 Å². The van der Waals surface area contributed by atoms with Crippen molar-refractivity contribution in [1.29, 1.82) is 0 Å². The topological polar surface area (TPSA) is 59.0 Å². The Bertz CT molecular complexity index is 562. The molecule has 0 heterocycles. The first-order valence-electron chi connectivity index (χ1n) is 8.41. The van der Waals surface area contributed by atoms with Crippen molar-refractivity contribution in [1.82, 2.24) is 4.90 Å². The second kappa shape index (κ2) is 11.4. The molecule has 25 heavy (non-hydrogen) atoms. The predicted octanol–water partition coefficient (Wildman–Crippen LogP) is 2.81. The van der Waals surface area contributed by atoms with Crippen LogP contribution in [0.1, 0.15) is 11.1 Å². The summed E-state index contributed by atoms with van der Waals surface area (Å²) in [4.78, 5) is 12.7. The molecule has 2 aromatic carbocycles. The molecule has 5 nitrogen and oxygen atoms in total. The van der Waals surface area contributed by atoms with Crippen LogP contribution < -0.4 is 0 Å². The van der Waals surface area contributed by atoms with Crippen LogP contribution in [-0.2, 0) is 27.4 Å². The van der Waals surface area contributed by atoms with Gasteiger partial charge in [-0.3, -0.25) is 4.90 Å². The van der Waals surface area contributed by atoms with Gasteiger partial charge < -0.3 is 14.6 Å². The Morgan fingerprint density at radius 1 is 0.800 bits per heavy atom. The van der Waals surface area contributed by atoms with Crippen molar-refractivity contribution in [2.75, 3.05) is 33.0 Å². The van der Waals surface area contributed by atoms with Crippen molar-refractivity contribution < 1.29 is 19.4 Å². The van der Waals surface area contributed by atoms with E-state index in [9.17, 15) is 4.79 Å². The maximum atomic E-state index is 10.4. The number of hydrogen-bond donors (Lipinski definition) is 1. The third kappa shape index (κ3) is 8.44. The molecule has 0 amide bonds. The Morgan fingerprint density at radius 3 is 1.84 bits per heavy atom. The number of ether oxygens (including phenoxy) is 2. The number of carbonyl (C=O) groups is 1. The molecule has 0 aliphatic heterocycles. The average molecular weight is 343 g/mol. The molecule has 0 aliphatic carbocycles. The summed E-state index contributed by atoms with van der Waals surface area (Å²) in [6.45, 7) is 3.50. The fourth-order valence-electron chi connectivity index (χ4n) is 2.47. The normalized spacial score (nSPS) is 10.9. The van der Waals surface area contributed by atoms with E-state index in [1.165, 1.54) is 11.1 Å². The summed E-state index contributed by atoms with van der Waals surface area (Å²) in [5, 5.41) is 8.50. The Morgan fingerprint density at radius 2 is 1.32 bits per heavy atom. The molecule has 5 heteroatoms. The van der Waals surface area contributed by atoms with E-state index in [2.05, 4.69) is 29.2 Å². The van der Waals surface area contributed by atoms with Gasteiger partial charge in [-0.1, -0.05) is 60.7 Å².